The maximum Gasteiger partial charge on any atom is 0.416 e. The number of hydrogen-bond acceptors (Lipinski definition) is 3. The zero-order chi connectivity index (χ0) is 18.2. The number of alkyl halides is 3. The lowest BCUT2D eigenvalue weighted by molar-refractivity contribution is -0.138. The van der Waals surface area contributed by atoms with Crippen LogP contribution in [0.15, 0.2) is 24.3 Å². The summed E-state index contributed by atoms with van der Waals surface area (Å²) in [4.78, 5) is 30.0. The molecule has 2 heterocycles. The van der Waals surface area contributed by atoms with E-state index in [4.69, 9.17) is 0 Å². The molecule has 1 atom stereocenters. The Hall–Kier alpha value is -2.09. The summed E-state index contributed by atoms with van der Waals surface area (Å²) in [6, 6.07) is 4.68. The lowest BCUT2D eigenvalue weighted by Crippen LogP contribution is -2.49. The molecule has 2 amide bonds. The monoisotopic (exact) mass is 355 g/mol. The number of amides is 2. The average Bonchev–Trinajstić information content (AvgIpc) is 2.96. The lowest BCUT2D eigenvalue weighted by Gasteiger charge is -2.33. The van der Waals surface area contributed by atoms with Crippen LogP contribution in [0.25, 0.3) is 0 Å². The first-order valence-electron chi connectivity index (χ1n) is 8.20. The summed E-state index contributed by atoms with van der Waals surface area (Å²) in [6.45, 7) is 2.92. The van der Waals surface area contributed by atoms with Gasteiger partial charge in [0.1, 0.15) is 0 Å². The van der Waals surface area contributed by atoms with Crippen LogP contribution in [0.2, 0.25) is 0 Å². The van der Waals surface area contributed by atoms with Gasteiger partial charge in [-0.15, -0.1) is 0 Å². The quantitative estimate of drug-likeness (QED) is 0.813. The smallest absolute Gasteiger partial charge is 0.340 e. The third-order valence-corrected chi connectivity index (χ3v) is 4.77. The van der Waals surface area contributed by atoms with Crippen LogP contribution in [0.5, 0.6) is 0 Å². The summed E-state index contributed by atoms with van der Waals surface area (Å²) >= 11 is 0. The van der Waals surface area contributed by atoms with Gasteiger partial charge in [-0.25, -0.2) is 0 Å². The summed E-state index contributed by atoms with van der Waals surface area (Å²) in [7, 11) is 1.98. The Labute approximate surface area is 144 Å². The number of piperazine rings is 1. The second-order valence-corrected chi connectivity index (χ2v) is 6.58. The van der Waals surface area contributed by atoms with Gasteiger partial charge in [0.2, 0.25) is 11.8 Å². The Balaban J connectivity index is 1.71. The van der Waals surface area contributed by atoms with E-state index in [9.17, 15) is 22.8 Å². The van der Waals surface area contributed by atoms with Crippen molar-refractivity contribution >= 4 is 17.5 Å². The molecule has 2 fully saturated rings. The summed E-state index contributed by atoms with van der Waals surface area (Å²) in [5.41, 5.74) is -0.611. The molecule has 2 saturated heterocycles. The standard InChI is InChI=1S/C17H20F3N3O2/c1-21-5-7-22(8-6-21)16(25)12-9-15(24)23(11-12)14-4-2-3-13(10-14)17(18,19)20/h2-4,10,12H,5-9,11H2,1H3. The molecule has 0 N–H and O–H groups in total. The van der Waals surface area contributed by atoms with Crippen molar-refractivity contribution in [1.82, 2.24) is 9.80 Å². The van der Waals surface area contributed by atoms with Crippen molar-refractivity contribution in [2.24, 2.45) is 5.92 Å². The van der Waals surface area contributed by atoms with Crippen molar-refractivity contribution in [3.63, 3.8) is 0 Å². The van der Waals surface area contributed by atoms with Gasteiger partial charge in [-0.05, 0) is 25.2 Å². The normalized spacial score (nSPS) is 22.6. The summed E-state index contributed by atoms with van der Waals surface area (Å²) in [5.74, 6) is -0.895. The van der Waals surface area contributed by atoms with Gasteiger partial charge in [-0.1, -0.05) is 6.07 Å². The van der Waals surface area contributed by atoms with Crippen molar-refractivity contribution in [3.05, 3.63) is 29.8 Å². The minimum atomic E-state index is -4.46. The van der Waals surface area contributed by atoms with E-state index in [1.54, 1.807) is 4.90 Å². The van der Waals surface area contributed by atoms with Gasteiger partial charge >= 0.3 is 6.18 Å². The van der Waals surface area contributed by atoms with Gasteiger partial charge in [-0.3, -0.25) is 9.59 Å². The molecular formula is C17H20F3N3O2. The SMILES string of the molecule is CN1CCN(C(=O)C2CC(=O)N(c3cccc(C(F)(F)F)c3)C2)CC1. The van der Waals surface area contributed by atoms with Crippen LogP contribution >= 0.6 is 0 Å². The fraction of sp³-hybridized carbons (Fsp3) is 0.529. The number of halogens is 3. The Kier molecular flexibility index (Phi) is 4.73. The zero-order valence-electron chi connectivity index (χ0n) is 13.9. The van der Waals surface area contributed by atoms with Crippen LogP contribution < -0.4 is 4.90 Å². The van der Waals surface area contributed by atoms with Gasteiger partial charge in [-0.2, -0.15) is 13.2 Å². The first-order valence-corrected chi connectivity index (χ1v) is 8.20. The predicted octanol–water partition coefficient (Wildman–Crippen LogP) is 1.83. The summed E-state index contributed by atoms with van der Waals surface area (Å²) in [5, 5.41) is 0. The van der Waals surface area contributed by atoms with E-state index in [-0.39, 0.29) is 30.5 Å². The molecule has 0 radical (unpaired) electrons. The second-order valence-electron chi connectivity index (χ2n) is 6.58. The molecule has 25 heavy (non-hydrogen) atoms. The van der Waals surface area contributed by atoms with Gasteiger partial charge in [0.25, 0.3) is 0 Å². The van der Waals surface area contributed by atoms with Crippen molar-refractivity contribution in [1.29, 1.82) is 0 Å². The van der Waals surface area contributed by atoms with Gasteiger partial charge in [0.05, 0.1) is 11.5 Å². The molecule has 0 saturated carbocycles. The Morgan fingerprint density at radius 2 is 1.84 bits per heavy atom. The van der Waals surface area contributed by atoms with E-state index in [0.29, 0.717) is 13.1 Å². The Bertz CT molecular complexity index is 669. The molecule has 0 aliphatic carbocycles. The molecule has 136 valence electrons. The minimum absolute atomic E-state index is 0.0431. The van der Waals surface area contributed by atoms with Crippen molar-refractivity contribution in [3.8, 4) is 0 Å². The number of anilines is 1. The van der Waals surface area contributed by atoms with E-state index >= 15 is 0 Å². The molecule has 0 bridgehead atoms. The Morgan fingerprint density at radius 3 is 2.48 bits per heavy atom. The van der Waals surface area contributed by atoms with Crippen LogP contribution in [0.3, 0.4) is 0 Å². The van der Waals surface area contributed by atoms with Crippen LogP contribution in [0.1, 0.15) is 12.0 Å². The number of carbonyl (C=O) groups is 2. The largest absolute Gasteiger partial charge is 0.416 e. The first kappa shape index (κ1) is 17.7. The van der Waals surface area contributed by atoms with Crippen LogP contribution in [-0.2, 0) is 15.8 Å². The second kappa shape index (κ2) is 6.67. The highest BCUT2D eigenvalue weighted by Gasteiger charge is 2.38. The average molecular weight is 355 g/mol. The molecule has 8 heteroatoms. The maximum atomic E-state index is 12.9. The van der Waals surface area contributed by atoms with Gasteiger partial charge < -0.3 is 14.7 Å². The van der Waals surface area contributed by atoms with E-state index in [1.165, 1.54) is 17.0 Å². The number of benzene rings is 1. The fourth-order valence-corrected chi connectivity index (χ4v) is 3.26. The topological polar surface area (TPSA) is 43.9 Å². The molecule has 1 unspecified atom stereocenters. The van der Waals surface area contributed by atoms with Crippen LogP contribution in [0, 0.1) is 5.92 Å². The highest BCUT2D eigenvalue weighted by Crippen LogP contribution is 2.33. The molecule has 5 nitrogen and oxygen atoms in total. The minimum Gasteiger partial charge on any atom is -0.340 e. The molecule has 3 rings (SSSR count). The molecule has 2 aliphatic heterocycles. The predicted molar refractivity (Wildman–Crippen MR) is 86.0 cm³/mol. The zero-order valence-corrected chi connectivity index (χ0v) is 13.9. The number of carbonyl (C=O) groups excluding carboxylic acids is 2. The van der Waals surface area contributed by atoms with E-state index in [1.807, 2.05) is 7.05 Å². The molecule has 2 aliphatic rings. The molecule has 1 aromatic carbocycles. The molecule has 0 aromatic heterocycles. The fourth-order valence-electron chi connectivity index (χ4n) is 3.26. The van der Waals surface area contributed by atoms with Crippen molar-refractivity contribution < 1.29 is 22.8 Å². The number of nitrogens with zero attached hydrogens (tertiary/aromatic N) is 3. The number of hydrogen-bond donors (Lipinski definition) is 0. The summed E-state index contributed by atoms with van der Waals surface area (Å²) in [6.07, 6.45) is -4.42. The van der Waals surface area contributed by atoms with Gasteiger partial charge in [0, 0.05) is 44.8 Å². The lowest BCUT2D eigenvalue weighted by atomic mass is 10.1. The molecule has 1 aromatic rings. The summed E-state index contributed by atoms with van der Waals surface area (Å²) < 4.78 is 38.6. The molecular weight excluding hydrogens is 335 g/mol. The maximum absolute atomic E-state index is 12.9. The third kappa shape index (κ3) is 3.78. The first-order chi connectivity index (χ1) is 11.8. The van der Waals surface area contributed by atoms with E-state index < -0.39 is 17.7 Å². The highest BCUT2D eigenvalue weighted by atomic mass is 19.4. The van der Waals surface area contributed by atoms with Crippen molar-refractivity contribution in [2.75, 3.05) is 44.7 Å². The number of rotatable bonds is 2. The van der Waals surface area contributed by atoms with Gasteiger partial charge in [0.15, 0.2) is 0 Å². The van der Waals surface area contributed by atoms with E-state index in [2.05, 4.69) is 4.90 Å². The number of likely N-dealkylation sites (N-methyl/N-ethyl adjacent to an activating group) is 1. The van der Waals surface area contributed by atoms with E-state index in [0.717, 1.165) is 25.2 Å². The third-order valence-electron chi connectivity index (χ3n) is 4.77. The molecule has 0 spiro atoms. The van der Waals surface area contributed by atoms with Crippen molar-refractivity contribution in [2.45, 2.75) is 12.6 Å². The highest BCUT2D eigenvalue weighted by molar-refractivity contribution is 6.00. The Morgan fingerprint density at radius 1 is 1.16 bits per heavy atom. The van der Waals surface area contributed by atoms with Crippen LogP contribution in [-0.4, -0.2) is 61.4 Å². The van der Waals surface area contributed by atoms with Crippen LogP contribution in [0.4, 0.5) is 18.9 Å².